The highest BCUT2D eigenvalue weighted by Crippen LogP contribution is 2.23. The number of rotatable bonds is 5. The van der Waals surface area contributed by atoms with Gasteiger partial charge in [0.25, 0.3) is 5.91 Å². The SMILES string of the molecule is Cc1ccc(C(=O)NCc2nc(-c3cccc(-c4ccn[nH]4)c3)no2)cc1. The summed E-state index contributed by atoms with van der Waals surface area (Å²) in [4.78, 5) is 16.5. The monoisotopic (exact) mass is 359 g/mol. The smallest absolute Gasteiger partial charge is 0.251 e. The fourth-order valence-electron chi connectivity index (χ4n) is 2.65. The summed E-state index contributed by atoms with van der Waals surface area (Å²) < 4.78 is 5.26. The highest BCUT2D eigenvalue weighted by molar-refractivity contribution is 5.94. The Morgan fingerprint density at radius 2 is 1.93 bits per heavy atom. The molecule has 0 bridgehead atoms. The highest BCUT2D eigenvalue weighted by Gasteiger charge is 2.12. The van der Waals surface area contributed by atoms with Gasteiger partial charge in [0, 0.05) is 22.9 Å². The van der Waals surface area contributed by atoms with E-state index in [1.807, 2.05) is 49.4 Å². The lowest BCUT2D eigenvalue weighted by Crippen LogP contribution is -2.22. The topological polar surface area (TPSA) is 96.7 Å². The van der Waals surface area contributed by atoms with Gasteiger partial charge in [-0.25, -0.2) is 0 Å². The van der Waals surface area contributed by atoms with Gasteiger partial charge in [-0.15, -0.1) is 0 Å². The van der Waals surface area contributed by atoms with E-state index < -0.39 is 0 Å². The predicted molar refractivity (Wildman–Crippen MR) is 99.7 cm³/mol. The van der Waals surface area contributed by atoms with E-state index in [2.05, 4.69) is 25.7 Å². The minimum atomic E-state index is -0.184. The van der Waals surface area contributed by atoms with Crippen LogP contribution < -0.4 is 5.32 Å². The molecular weight excluding hydrogens is 342 g/mol. The third kappa shape index (κ3) is 3.77. The first-order valence-electron chi connectivity index (χ1n) is 8.47. The molecule has 0 saturated heterocycles. The van der Waals surface area contributed by atoms with Crippen LogP contribution in [0.1, 0.15) is 21.8 Å². The summed E-state index contributed by atoms with van der Waals surface area (Å²) >= 11 is 0. The molecule has 0 aliphatic rings. The standard InChI is InChI=1S/C20H17N5O2/c1-13-5-7-14(8-6-13)20(26)21-12-18-23-19(25-27-18)16-4-2-3-15(11-16)17-9-10-22-24-17/h2-11H,12H2,1H3,(H,21,26)(H,22,24). The summed E-state index contributed by atoms with van der Waals surface area (Å²) in [7, 11) is 0. The first-order valence-corrected chi connectivity index (χ1v) is 8.47. The average molecular weight is 359 g/mol. The molecule has 2 heterocycles. The van der Waals surface area contributed by atoms with Gasteiger partial charge < -0.3 is 9.84 Å². The largest absolute Gasteiger partial charge is 0.343 e. The molecule has 7 nitrogen and oxygen atoms in total. The minimum absolute atomic E-state index is 0.167. The maximum absolute atomic E-state index is 12.2. The van der Waals surface area contributed by atoms with Crippen molar-refractivity contribution in [2.75, 3.05) is 0 Å². The van der Waals surface area contributed by atoms with E-state index in [0.717, 1.165) is 22.4 Å². The zero-order chi connectivity index (χ0) is 18.6. The lowest BCUT2D eigenvalue weighted by molar-refractivity contribution is 0.0946. The summed E-state index contributed by atoms with van der Waals surface area (Å²) in [5.74, 6) is 0.629. The van der Waals surface area contributed by atoms with Crippen molar-refractivity contribution in [3.05, 3.63) is 77.8 Å². The zero-order valence-corrected chi connectivity index (χ0v) is 14.6. The second kappa shape index (κ2) is 7.25. The van der Waals surface area contributed by atoms with Gasteiger partial charge in [-0.1, -0.05) is 41.1 Å². The molecule has 0 saturated carbocycles. The van der Waals surface area contributed by atoms with E-state index in [-0.39, 0.29) is 12.5 Å². The maximum Gasteiger partial charge on any atom is 0.251 e. The van der Waals surface area contributed by atoms with Gasteiger partial charge in [0.2, 0.25) is 11.7 Å². The van der Waals surface area contributed by atoms with Gasteiger partial charge in [0.05, 0.1) is 12.2 Å². The molecule has 0 fully saturated rings. The molecule has 4 aromatic rings. The molecule has 2 aromatic heterocycles. The molecule has 27 heavy (non-hydrogen) atoms. The summed E-state index contributed by atoms with van der Waals surface area (Å²) in [6.45, 7) is 2.14. The lowest BCUT2D eigenvalue weighted by Gasteiger charge is -2.02. The maximum atomic E-state index is 12.2. The van der Waals surface area contributed by atoms with Crippen LogP contribution in [0.2, 0.25) is 0 Å². The molecule has 0 atom stereocenters. The number of nitrogens with zero attached hydrogens (tertiary/aromatic N) is 3. The van der Waals surface area contributed by atoms with Crippen LogP contribution in [0, 0.1) is 6.92 Å². The summed E-state index contributed by atoms with van der Waals surface area (Å²) in [5.41, 5.74) is 4.40. The molecule has 0 spiro atoms. The fraction of sp³-hybridized carbons (Fsp3) is 0.100. The molecule has 0 aliphatic heterocycles. The number of carbonyl (C=O) groups excluding carboxylic acids is 1. The van der Waals surface area contributed by atoms with Crippen LogP contribution in [-0.4, -0.2) is 26.2 Å². The van der Waals surface area contributed by atoms with Crippen LogP contribution in [0.25, 0.3) is 22.6 Å². The average Bonchev–Trinajstić information content (AvgIpc) is 3.39. The fourth-order valence-corrected chi connectivity index (χ4v) is 2.65. The van der Waals surface area contributed by atoms with Crippen molar-refractivity contribution in [3.63, 3.8) is 0 Å². The highest BCUT2D eigenvalue weighted by atomic mass is 16.5. The van der Waals surface area contributed by atoms with Crippen molar-refractivity contribution in [1.82, 2.24) is 25.7 Å². The van der Waals surface area contributed by atoms with Crippen molar-refractivity contribution < 1.29 is 9.32 Å². The van der Waals surface area contributed by atoms with Crippen molar-refractivity contribution >= 4 is 5.91 Å². The number of nitrogens with one attached hydrogen (secondary N) is 2. The van der Waals surface area contributed by atoms with Crippen molar-refractivity contribution in [2.45, 2.75) is 13.5 Å². The van der Waals surface area contributed by atoms with E-state index in [0.29, 0.717) is 17.3 Å². The molecule has 2 aromatic carbocycles. The van der Waals surface area contributed by atoms with Crippen molar-refractivity contribution in [1.29, 1.82) is 0 Å². The van der Waals surface area contributed by atoms with Crippen LogP contribution in [0.3, 0.4) is 0 Å². The molecule has 4 rings (SSSR count). The first-order chi connectivity index (χ1) is 13.2. The minimum Gasteiger partial charge on any atom is -0.343 e. The van der Waals surface area contributed by atoms with E-state index in [4.69, 9.17) is 4.52 Å². The number of H-pyrrole nitrogens is 1. The Morgan fingerprint density at radius 1 is 1.11 bits per heavy atom. The van der Waals surface area contributed by atoms with E-state index in [1.54, 1.807) is 18.3 Å². The Kier molecular flexibility index (Phi) is 4.49. The zero-order valence-electron chi connectivity index (χ0n) is 14.6. The summed E-state index contributed by atoms with van der Waals surface area (Å²) in [5, 5.41) is 13.7. The van der Waals surface area contributed by atoms with Crippen LogP contribution >= 0.6 is 0 Å². The molecule has 0 unspecified atom stereocenters. The quantitative estimate of drug-likeness (QED) is 0.569. The Morgan fingerprint density at radius 3 is 2.70 bits per heavy atom. The van der Waals surface area contributed by atoms with E-state index in [9.17, 15) is 4.79 Å². The first kappa shape index (κ1) is 16.7. The third-order valence-corrected chi connectivity index (χ3v) is 4.11. The number of aromatic amines is 1. The van der Waals surface area contributed by atoms with Gasteiger partial charge >= 0.3 is 0 Å². The Hall–Kier alpha value is -3.74. The molecule has 2 N–H and O–H groups in total. The Labute approximate surface area is 155 Å². The van der Waals surface area contributed by atoms with Gasteiger partial charge in [0.15, 0.2) is 0 Å². The number of aryl methyl sites for hydroxylation is 1. The van der Waals surface area contributed by atoms with Crippen LogP contribution in [0.15, 0.2) is 65.3 Å². The van der Waals surface area contributed by atoms with Gasteiger partial charge in [0.1, 0.15) is 0 Å². The predicted octanol–water partition coefficient (Wildman–Crippen LogP) is 3.37. The van der Waals surface area contributed by atoms with Gasteiger partial charge in [-0.05, 0) is 31.2 Å². The number of hydrogen-bond acceptors (Lipinski definition) is 5. The van der Waals surface area contributed by atoms with Crippen molar-refractivity contribution in [2.24, 2.45) is 0 Å². The number of benzene rings is 2. The van der Waals surface area contributed by atoms with Gasteiger partial charge in [-0.2, -0.15) is 10.1 Å². The second-order valence-corrected chi connectivity index (χ2v) is 6.11. The molecule has 7 heteroatoms. The molecule has 0 radical (unpaired) electrons. The number of carbonyl (C=O) groups is 1. The molecule has 134 valence electrons. The van der Waals surface area contributed by atoms with Gasteiger partial charge in [-0.3, -0.25) is 9.89 Å². The van der Waals surface area contributed by atoms with E-state index in [1.165, 1.54) is 0 Å². The number of aromatic nitrogens is 4. The normalized spacial score (nSPS) is 10.7. The number of amides is 1. The van der Waals surface area contributed by atoms with Crippen LogP contribution in [-0.2, 0) is 6.54 Å². The number of hydrogen-bond donors (Lipinski definition) is 2. The second-order valence-electron chi connectivity index (χ2n) is 6.11. The molecule has 0 aliphatic carbocycles. The molecular formula is C20H17N5O2. The Balaban J connectivity index is 1.45. The third-order valence-electron chi connectivity index (χ3n) is 4.11. The summed E-state index contributed by atoms with van der Waals surface area (Å²) in [6, 6.07) is 17.0. The van der Waals surface area contributed by atoms with Crippen molar-refractivity contribution in [3.8, 4) is 22.6 Å². The lowest BCUT2D eigenvalue weighted by atomic mass is 10.1. The van der Waals surface area contributed by atoms with Crippen LogP contribution in [0.4, 0.5) is 0 Å². The van der Waals surface area contributed by atoms with E-state index >= 15 is 0 Å². The van der Waals surface area contributed by atoms with Crippen LogP contribution in [0.5, 0.6) is 0 Å². The molecule has 1 amide bonds. The summed E-state index contributed by atoms with van der Waals surface area (Å²) in [6.07, 6.45) is 1.70. The Bertz CT molecular complexity index is 1050.